The minimum Gasteiger partial charge on any atom is -0.298 e. The monoisotopic (exact) mass is 286 g/mol. The van der Waals surface area contributed by atoms with Crippen molar-refractivity contribution in [2.24, 2.45) is 0 Å². The van der Waals surface area contributed by atoms with Gasteiger partial charge in [-0.25, -0.2) is 9.37 Å². The first-order valence-corrected chi connectivity index (χ1v) is 6.89. The maximum absolute atomic E-state index is 13.9. The number of anilines is 1. The lowest BCUT2D eigenvalue weighted by atomic mass is 10.1. The minimum absolute atomic E-state index is 0.0317. The van der Waals surface area contributed by atoms with Crippen LogP contribution in [0.5, 0.6) is 0 Å². The van der Waals surface area contributed by atoms with Gasteiger partial charge in [-0.05, 0) is 30.7 Å². The number of hydrogen-bond acceptors (Lipinski definition) is 3. The van der Waals surface area contributed by atoms with Crippen molar-refractivity contribution >= 4 is 32.6 Å². The molecule has 0 saturated heterocycles. The molecular formula is C15H11FN2OS. The minimum atomic E-state index is -0.494. The molecule has 100 valence electrons. The highest BCUT2D eigenvalue weighted by atomic mass is 32.1. The predicted octanol–water partition coefficient (Wildman–Crippen LogP) is 4.00. The van der Waals surface area contributed by atoms with Crippen LogP contribution in [0, 0.1) is 12.7 Å². The van der Waals surface area contributed by atoms with Gasteiger partial charge in [0.25, 0.3) is 5.91 Å². The molecule has 0 fully saturated rings. The number of carbonyl (C=O) groups is 1. The zero-order valence-electron chi connectivity index (χ0n) is 10.7. The van der Waals surface area contributed by atoms with E-state index >= 15 is 0 Å². The molecule has 0 unspecified atom stereocenters. The number of nitrogens with zero attached hydrogens (tertiary/aromatic N) is 1. The van der Waals surface area contributed by atoms with Crippen LogP contribution in [0.1, 0.15) is 15.9 Å². The summed E-state index contributed by atoms with van der Waals surface area (Å²) in [6, 6.07) is 12.3. The van der Waals surface area contributed by atoms with Crippen LogP contribution >= 0.6 is 11.3 Å². The second-order valence-electron chi connectivity index (χ2n) is 4.38. The number of halogens is 1. The average Bonchev–Trinajstić information content (AvgIpc) is 2.83. The van der Waals surface area contributed by atoms with Gasteiger partial charge in [0.15, 0.2) is 5.13 Å². The fourth-order valence-electron chi connectivity index (χ4n) is 1.91. The summed E-state index contributed by atoms with van der Waals surface area (Å²) < 4.78 is 14.9. The number of para-hydroxylation sites is 1. The third kappa shape index (κ3) is 2.28. The van der Waals surface area contributed by atoms with Crippen LogP contribution in [0.15, 0.2) is 42.5 Å². The van der Waals surface area contributed by atoms with Gasteiger partial charge in [0, 0.05) is 0 Å². The number of thiazole rings is 1. The van der Waals surface area contributed by atoms with Crippen LogP contribution < -0.4 is 5.32 Å². The maximum atomic E-state index is 13.9. The molecule has 0 bridgehead atoms. The Morgan fingerprint density at radius 1 is 1.20 bits per heavy atom. The first-order valence-electron chi connectivity index (χ1n) is 6.07. The molecule has 0 aliphatic heterocycles. The molecular weight excluding hydrogens is 275 g/mol. The highest BCUT2D eigenvalue weighted by molar-refractivity contribution is 7.22. The topological polar surface area (TPSA) is 42.0 Å². The number of benzene rings is 2. The zero-order chi connectivity index (χ0) is 14.1. The largest absolute Gasteiger partial charge is 0.298 e. The van der Waals surface area contributed by atoms with E-state index in [0.29, 0.717) is 10.7 Å². The number of nitrogens with one attached hydrogen (secondary N) is 1. The molecule has 2 aromatic carbocycles. The van der Waals surface area contributed by atoms with Crippen molar-refractivity contribution < 1.29 is 9.18 Å². The van der Waals surface area contributed by atoms with Crippen molar-refractivity contribution in [3.8, 4) is 0 Å². The van der Waals surface area contributed by atoms with Crippen LogP contribution in [0.4, 0.5) is 9.52 Å². The van der Waals surface area contributed by atoms with Crippen LogP contribution in [0.2, 0.25) is 0 Å². The van der Waals surface area contributed by atoms with Crippen molar-refractivity contribution in [3.63, 3.8) is 0 Å². The van der Waals surface area contributed by atoms with Gasteiger partial charge >= 0.3 is 0 Å². The maximum Gasteiger partial charge on any atom is 0.260 e. The summed E-state index contributed by atoms with van der Waals surface area (Å²) in [5, 5.41) is 3.11. The van der Waals surface area contributed by atoms with Gasteiger partial charge in [-0.15, -0.1) is 0 Å². The van der Waals surface area contributed by atoms with Crippen molar-refractivity contribution in [1.82, 2.24) is 4.98 Å². The lowest BCUT2D eigenvalue weighted by Gasteiger charge is -2.04. The smallest absolute Gasteiger partial charge is 0.260 e. The molecule has 0 atom stereocenters. The summed E-state index contributed by atoms with van der Waals surface area (Å²) in [5.74, 6) is -0.976. The number of rotatable bonds is 2. The lowest BCUT2D eigenvalue weighted by Crippen LogP contribution is -2.14. The molecule has 0 spiro atoms. The third-order valence-electron chi connectivity index (χ3n) is 2.95. The second-order valence-corrected chi connectivity index (χ2v) is 5.41. The molecule has 3 aromatic rings. The number of aryl methyl sites for hydroxylation is 1. The Balaban J connectivity index is 1.90. The van der Waals surface area contributed by atoms with E-state index in [1.54, 1.807) is 19.1 Å². The molecule has 0 aliphatic rings. The van der Waals surface area contributed by atoms with E-state index < -0.39 is 11.7 Å². The molecule has 0 aliphatic carbocycles. The zero-order valence-corrected chi connectivity index (χ0v) is 11.5. The molecule has 1 aromatic heterocycles. The van der Waals surface area contributed by atoms with Gasteiger partial charge in [0.2, 0.25) is 0 Å². The van der Waals surface area contributed by atoms with E-state index in [1.165, 1.54) is 17.4 Å². The highest BCUT2D eigenvalue weighted by Crippen LogP contribution is 2.26. The first kappa shape index (κ1) is 12.7. The molecule has 3 rings (SSSR count). The van der Waals surface area contributed by atoms with Crippen LogP contribution in [0.25, 0.3) is 10.2 Å². The second kappa shape index (κ2) is 5.02. The van der Waals surface area contributed by atoms with Gasteiger partial charge in [0.05, 0.1) is 15.8 Å². The van der Waals surface area contributed by atoms with Crippen molar-refractivity contribution in [2.45, 2.75) is 6.92 Å². The number of aromatic nitrogens is 1. The molecule has 0 saturated carbocycles. The van der Waals surface area contributed by atoms with E-state index in [0.717, 1.165) is 10.2 Å². The molecule has 1 amide bonds. The number of hydrogen-bond donors (Lipinski definition) is 1. The lowest BCUT2D eigenvalue weighted by molar-refractivity contribution is 0.102. The quantitative estimate of drug-likeness (QED) is 0.773. The van der Waals surface area contributed by atoms with Crippen LogP contribution in [-0.4, -0.2) is 10.9 Å². The van der Waals surface area contributed by atoms with Crippen LogP contribution in [0.3, 0.4) is 0 Å². The summed E-state index contributed by atoms with van der Waals surface area (Å²) in [4.78, 5) is 16.4. The fraction of sp³-hybridized carbons (Fsp3) is 0.0667. The highest BCUT2D eigenvalue weighted by Gasteiger charge is 2.14. The molecule has 0 radical (unpaired) electrons. The summed E-state index contributed by atoms with van der Waals surface area (Å²) in [7, 11) is 0. The normalized spacial score (nSPS) is 10.7. The molecule has 20 heavy (non-hydrogen) atoms. The summed E-state index contributed by atoms with van der Waals surface area (Å²) in [6.07, 6.45) is 0. The Hall–Kier alpha value is -2.27. The fourth-order valence-corrected chi connectivity index (χ4v) is 2.77. The Bertz CT molecular complexity index is 764. The molecule has 1 N–H and O–H groups in total. The number of carbonyl (C=O) groups excluding carboxylic acids is 1. The van der Waals surface area contributed by atoms with Crippen molar-refractivity contribution in [1.29, 1.82) is 0 Å². The first-order chi connectivity index (χ1) is 9.65. The average molecular weight is 286 g/mol. The van der Waals surface area contributed by atoms with Crippen LogP contribution in [-0.2, 0) is 0 Å². The summed E-state index contributed by atoms with van der Waals surface area (Å²) in [6.45, 7) is 1.63. The third-order valence-corrected chi connectivity index (χ3v) is 3.90. The molecule has 5 heteroatoms. The van der Waals surface area contributed by atoms with E-state index in [4.69, 9.17) is 0 Å². The van der Waals surface area contributed by atoms with Crippen molar-refractivity contribution in [2.75, 3.05) is 5.32 Å². The molecule has 3 nitrogen and oxygen atoms in total. The van der Waals surface area contributed by atoms with Crippen molar-refractivity contribution in [3.05, 3.63) is 59.4 Å². The predicted molar refractivity (Wildman–Crippen MR) is 78.7 cm³/mol. The van der Waals surface area contributed by atoms with E-state index in [1.807, 2.05) is 24.3 Å². The number of amides is 1. The summed E-state index contributed by atoms with van der Waals surface area (Å²) in [5.41, 5.74) is 1.30. The van der Waals surface area contributed by atoms with Gasteiger partial charge in [0.1, 0.15) is 5.82 Å². The molecule has 1 heterocycles. The Labute approximate surface area is 119 Å². The van der Waals surface area contributed by atoms with Gasteiger partial charge in [-0.2, -0.15) is 0 Å². The van der Waals surface area contributed by atoms with E-state index in [2.05, 4.69) is 10.3 Å². The van der Waals surface area contributed by atoms with E-state index in [-0.39, 0.29) is 5.56 Å². The Morgan fingerprint density at radius 3 is 2.80 bits per heavy atom. The number of fused-ring (bicyclic) bond motifs is 1. The van der Waals surface area contributed by atoms with Gasteiger partial charge < -0.3 is 0 Å². The Morgan fingerprint density at radius 2 is 2.00 bits per heavy atom. The standard InChI is InChI=1S/C15H11FN2OS/c1-9-5-4-6-10(13(9)16)14(19)18-15-17-11-7-2-3-8-12(11)20-15/h2-8H,1H3,(H,17,18,19). The Kier molecular flexibility index (Phi) is 3.20. The SMILES string of the molecule is Cc1cccc(C(=O)Nc2nc3ccccc3s2)c1F. The van der Waals surface area contributed by atoms with Gasteiger partial charge in [-0.1, -0.05) is 35.6 Å². The summed E-state index contributed by atoms with van der Waals surface area (Å²) >= 11 is 1.36. The van der Waals surface area contributed by atoms with E-state index in [9.17, 15) is 9.18 Å². The van der Waals surface area contributed by atoms with Gasteiger partial charge in [-0.3, -0.25) is 10.1 Å².